The first kappa shape index (κ1) is 20.0. The Bertz CT molecular complexity index is 819. The minimum Gasteiger partial charge on any atom is -0.295 e. The van der Waals surface area contributed by atoms with E-state index in [2.05, 4.69) is 69.8 Å². The highest BCUT2D eigenvalue weighted by Crippen LogP contribution is 2.10. The molecule has 3 rings (SSSR count). The molecule has 0 saturated carbocycles. The highest BCUT2D eigenvalue weighted by Gasteiger charge is 2.09. The molecule has 0 spiro atoms. The summed E-state index contributed by atoms with van der Waals surface area (Å²) in [6.07, 6.45) is 7.43. The molecule has 0 atom stereocenters. The van der Waals surface area contributed by atoms with E-state index in [0.717, 1.165) is 49.0 Å². The first-order valence-corrected chi connectivity index (χ1v) is 9.49. The minimum absolute atomic E-state index is 0.742. The summed E-state index contributed by atoms with van der Waals surface area (Å²) in [6, 6.07) is 8.12. The molecule has 3 aromatic heterocycles. The molecule has 0 aromatic carbocycles. The smallest absolute Gasteiger partial charge is 0.0727 e. The van der Waals surface area contributed by atoms with Crippen LogP contribution in [0.4, 0.5) is 0 Å². The number of aromatic nitrogens is 4. The van der Waals surface area contributed by atoms with Gasteiger partial charge in [0.05, 0.1) is 35.2 Å². The normalized spacial score (nSPS) is 11.4. The fourth-order valence-electron chi connectivity index (χ4n) is 3.09. The van der Waals surface area contributed by atoms with Crippen LogP contribution >= 0.6 is 0 Å². The van der Waals surface area contributed by atoms with Crippen LogP contribution in [0.1, 0.15) is 33.9 Å². The highest BCUT2D eigenvalue weighted by atomic mass is 15.1. The molecule has 0 N–H and O–H groups in total. The Morgan fingerprint density at radius 1 is 0.643 bits per heavy atom. The third kappa shape index (κ3) is 5.65. The zero-order valence-corrected chi connectivity index (χ0v) is 17.1. The Labute approximate surface area is 167 Å². The molecule has 28 heavy (non-hydrogen) atoms. The van der Waals surface area contributed by atoms with Crippen molar-refractivity contribution in [1.82, 2.24) is 29.7 Å². The summed E-state index contributed by atoms with van der Waals surface area (Å²) in [7, 11) is 4.15. The summed E-state index contributed by atoms with van der Waals surface area (Å²) in [5, 5.41) is 0. The summed E-state index contributed by atoms with van der Waals surface area (Å²) in [5.74, 6) is 0. The highest BCUT2D eigenvalue weighted by molar-refractivity contribution is 5.18. The van der Waals surface area contributed by atoms with Crippen molar-refractivity contribution in [1.29, 1.82) is 0 Å². The molecule has 0 aliphatic carbocycles. The average molecular weight is 377 g/mol. The average Bonchev–Trinajstić information content (AvgIpc) is 2.67. The van der Waals surface area contributed by atoms with Gasteiger partial charge in [0.1, 0.15) is 0 Å². The number of pyridine rings is 2. The van der Waals surface area contributed by atoms with Gasteiger partial charge in [-0.3, -0.25) is 29.7 Å². The zero-order chi connectivity index (χ0) is 19.9. The lowest BCUT2D eigenvalue weighted by Crippen LogP contribution is -2.21. The van der Waals surface area contributed by atoms with Crippen LogP contribution in [0, 0.1) is 13.8 Å². The Kier molecular flexibility index (Phi) is 6.79. The maximum absolute atomic E-state index is 4.59. The molecule has 0 radical (unpaired) electrons. The predicted octanol–water partition coefficient (Wildman–Crippen LogP) is 3.15. The van der Waals surface area contributed by atoms with Gasteiger partial charge in [-0.25, -0.2) is 0 Å². The maximum Gasteiger partial charge on any atom is 0.0727 e. The van der Waals surface area contributed by atoms with Gasteiger partial charge in [0, 0.05) is 38.6 Å². The molecule has 3 heterocycles. The molecule has 0 fully saturated rings. The fourth-order valence-corrected chi connectivity index (χ4v) is 3.09. The van der Waals surface area contributed by atoms with Crippen LogP contribution in [0.25, 0.3) is 0 Å². The zero-order valence-electron chi connectivity index (χ0n) is 17.1. The number of rotatable bonds is 8. The predicted molar refractivity (Wildman–Crippen MR) is 110 cm³/mol. The second-order valence-electron chi connectivity index (χ2n) is 7.38. The van der Waals surface area contributed by atoms with E-state index < -0.39 is 0 Å². The van der Waals surface area contributed by atoms with E-state index >= 15 is 0 Å². The van der Waals surface area contributed by atoms with Crippen LogP contribution in [-0.4, -0.2) is 43.8 Å². The molecular weight excluding hydrogens is 348 g/mol. The van der Waals surface area contributed by atoms with Crippen LogP contribution < -0.4 is 0 Å². The summed E-state index contributed by atoms with van der Waals surface area (Å²) in [6.45, 7) is 7.25. The molecule has 0 aliphatic rings. The van der Waals surface area contributed by atoms with Crippen molar-refractivity contribution in [3.63, 3.8) is 0 Å². The van der Waals surface area contributed by atoms with Crippen molar-refractivity contribution in [3.8, 4) is 0 Å². The van der Waals surface area contributed by atoms with E-state index in [1.807, 2.05) is 36.9 Å². The van der Waals surface area contributed by atoms with E-state index in [1.54, 1.807) is 0 Å². The largest absolute Gasteiger partial charge is 0.295 e. The molecule has 6 nitrogen and oxygen atoms in total. The van der Waals surface area contributed by atoms with Gasteiger partial charge in [-0.1, -0.05) is 12.1 Å². The van der Waals surface area contributed by atoms with Crippen molar-refractivity contribution in [3.05, 3.63) is 83.0 Å². The molecule has 3 aromatic rings. The van der Waals surface area contributed by atoms with E-state index in [0.29, 0.717) is 0 Å². The third-order valence-electron chi connectivity index (χ3n) is 4.70. The lowest BCUT2D eigenvalue weighted by atomic mass is 10.2. The van der Waals surface area contributed by atoms with Crippen molar-refractivity contribution in [2.24, 2.45) is 0 Å². The van der Waals surface area contributed by atoms with E-state index in [1.165, 1.54) is 11.1 Å². The lowest BCUT2D eigenvalue weighted by Gasteiger charge is -2.18. The van der Waals surface area contributed by atoms with Gasteiger partial charge in [0.15, 0.2) is 0 Å². The second-order valence-corrected chi connectivity index (χ2v) is 7.38. The van der Waals surface area contributed by atoms with E-state index in [-0.39, 0.29) is 0 Å². The Morgan fingerprint density at radius 3 is 1.43 bits per heavy atom. The summed E-state index contributed by atoms with van der Waals surface area (Å²) < 4.78 is 0. The Hall–Kier alpha value is -2.70. The van der Waals surface area contributed by atoms with Gasteiger partial charge in [-0.05, 0) is 51.2 Å². The Morgan fingerprint density at radius 2 is 1.07 bits per heavy atom. The third-order valence-corrected chi connectivity index (χ3v) is 4.70. The second kappa shape index (κ2) is 9.48. The van der Waals surface area contributed by atoms with Crippen LogP contribution in [0.5, 0.6) is 0 Å². The van der Waals surface area contributed by atoms with Crippen molar-refractivity contribution < 1.29 is 0 Å². The topological polar surface area (TPSA) is 58.0 Å². The summed E-state index contributed by atoms with van der Waals surface area (Å²) >= 11 is 0. The number of aryl methyl sites for hydroxylation is 2. The van der Waals surface area contributed by atoms with Crippen LogP contribution in [0.3, 0.4) is 0 Å². The molecule has 0 saturated heterocycles. The van der Waals surface area contributed by atoms with Crippen molar-refractivity contribution in [2.75, 3.05) is 14.1 Å². The fraction of sp³-hybridized carbons (Fsp3) is 0.364. The first-order valence-electron chi connectivity index (χ1n) is 9.49. The minimum atomic E-state index is 0.742. The molecular formula is C22H28N6. The molecule has 0 aliphatic heterocycles. The quantitative estimate of drug-likeness (QED) is 0.602. The van der Waals surface area contributed by atoms with E-state index in [4.69, 9.17) is 0 Å². The monoisotopic (exact) mass is 376 g/mol. The lowest BCUT2D eigenvalue weighted by molar-refractivity contribution is 0.304. The maximum atomic E-state index is 4.59. The van der Waals surface area contributed by atoms with Crippen molar-refractivity contribution in [2.45, 2.75) is 40.0 Å². The van der Waals surface area contributed by atoms with Gasteiger partial charge >= 0.3 is 0 Å². The molecule has 146 valence electrons. The van der Waals surface area contributed by atoms with Crippen molar-refractivity contribution >= 4 is 0 Å². The molecule has 0 amide bonds. The Balaban J connectivity index is 1.53. The van der Waals surface area contributed by atoms with Crippen LogP contribution in [0.15, 0.2) is 49.1 Å². The summed E-state index contributed by atoms with van der Waals surface area (Å²) in [4.78, 5) is 22.5. The van der Waals surface area contributed by atoms with Gasteiger partial charge in [0.2, 0.25) is 0 Å². The first-order chi connectivity index (χ1) is 13.5. The molecule has 0 unspecified atom stereocenters. The number of hydrogen-bond donors (Lipinski definition) is 0. The van der Waals surface area contributed by atoms with Gasteiger partial charge in [0.25, 0.3) is 0 Å². The number of nitrogens with zero attached hydrogens (tertiary/aromatic N) is 6. The standard InChI is InChI=1S/C22H28N6/c1-17-7-5-9-23-21(17)15-27(3)13-19-11-26-20(12-25-19)14-28(4)16-22-18(2)8-6-10-24-22/h5-12H,13-16H2,1-4H3. The molecule has 0 bridgehead atoms. The van der Waals surface area contributed by atoms with Crippen LogP contribution in [0.2, 0.25) is 0 Å². The molecule has 6 heteroatoms. The van der Waals surface area contributed by atoms with Crippen LogP contribution in [-0.2, 0) is 26.2 Å². The van der Waals surface area contributed by atoms with Gasteiger partial charge in [-0.2, -0.15) is 0 Å². The SMILES string of the molecule is Cc1cccnc1CN(C)Cc1cnc(CN(C)Cc2ncccc2C)cn1. The van der Waals surface area contributed by atoms with Gasteiger partial charge in [-0.15, -0.1) is 0 Å². The summed E-state index contributed by atoms with van der Waals surface area (Å²) in [5.41, 5.74) is 6.54. The van der Waals surface area contributed by atoms with E-state index in [9.17, 15) is 0 Å². The number of hydrogen-bond acceptors (Lipinski definition) is 6. The van der Waals surface area contributed by atoms with Gasteiger partial charge < -0.3 is 0 Å².